The molecule has 0 bridgehead atoms. The molecule has 0 unspecified atom stereocenters. The molecular weight excluding hydrogens is 230 g/mol. The van der Waals surface area contributed by atoms with Gasteiger partial charge in [0.15, 0.2) is 11.4 Å². The number of nitrogens with one attached hydrogen (secondary N) is 1. The van der Waals surface area contributed by atoms with Crippen LogP contribution in [0.15, 0.2) is 23.2 Å². The van der Waals surface area contributed by atoms with Gasteiger partial charge in [-0.3, -0.25) is 5.32 Å². The maximum atomic E-state index is 8.47. The molecule has 0 aliphatic heterocycles. The fourth-order valence-electron chi connectivity index (χ4n) is 0.988. The maximum absolute atomic E-state index is 8.47. The number of nitrogens with zero attached hydrogens (tertiary/aromatic N) is 2. The summed E-state index contributed by atoms with van der Waals surface area (Å²) in [5, 5.41) is 12.3. The summed E-state index contributed by atoms with van der Waals surface area (Å²) in [6.07, 6.45) is 3.69. The van der Waals surface area contributed by atoms with Crippen molar-refractivity contribution in [1.82, 2.24) is 5.32 Å². The van der Waals surface area contributed by atoms with E-state index in [1.165, 1.54) is 11.8 Å². The fourth-order valence-corrected chi connectivity index (χ4v) is 1.45. The van der Waals surface area contributed by atoms with E-state index in [1.807, 2.05) is 31.5 Å². The van der Waals surface area contributed by atoms with Gasteiger partial charge in [-0.15, -0.1) is 0 Å². The zero-order valence-electron chi connectivity index (χ0n) is 8.41. The third kappa shape index (κ3) is 3.46. The molecule has 15 heavy (non-hydrogen) atoms. The lowest BCUT2D eigenvalue weighted by Crippen LogP contribution is -2.12. The number of amidine groups is 1. The van der Waals surface area contributed by atoms with Gasteiger partial charge in [-0.2, -0.15) is 5.26 Å². The molecule has 78 valence electrons. The number of aliphatic imine (C=N–C) groups is 1. The topological polar surface area (TPSA) is 48.2 Å². The summed E-state index contributed by atoms with van der Waals surface area (Å²) >= 11 is 7.27. The van der Waals surface area contributed by atoms with E-state index in [0.29, 0.717) is 10.2 Å². The van der Waals surface area contributed by atoms with Crippen molar-refractivity contribution in [3.8, 4) is 6.19 Å². The number of rotatable bonds is 1. The Kier molecular flexibility index (Phi) is 4.47. The van der Waals surface area contributed by atoms with Gasteiger partial charge in [0.1, 0.15) is 0 Å². The molecule has 0 aliphatic carbocycles. The van der Waals surface area contributed by atoms with Crippen LogP contribution < -0.4 is 5.32 Å². The highest BCUT2D eigenvalue weighted by Gasteiger charge is 1.99. The van der Waals surface area contributed by atoms with Crippen LogP contribution in [0.1, 0.15) is 5.56 Å². The van der Waals surface area contributed by atoms with Crippen LogP contribution in [0.5, 0.6) is 0 Å². The van der Waals surface area contributed by atoms with Gasteiger partial charge >= 0.3 is 0 Å². The molecule has 1 aromatic rings. The summed E-state index contributed by atoms with van der Waals surface area (Å²) in [7, 11) is 0. The highest BCUT2D eigenvalue weighted by Crippen LogP contribution is 2.22. The van der Waals surface area contributed by atoms with Crippen LogP contribution >= 0.6 is 23.4 Å². The molecule has 1 rings (SSSR count). The van der Waals surface area contributed by atoms with Crippen molar-refractivity contribution in [2.45, 2.75) is 6.92 Å². The smallest absolute Gasteiger partial charge is 0.183 e. The lowest BCUT2D eigenvalue weighted by Gasteiger charge is -2.01. The predicted molar refractivity (Wildman–Crippen MR) is 65.5 cm³/mol. The summed E-state index contributed by atoms with van der Waals surface area (Å²) in [6.45, 7) is 1.91. The van der Waals surface area contributed by atoms with E-state index in [1.54, 1.807) is 6.07 Å². The van der Waals surface area contributed by atoms with E-state index < -0.39 is 0 Å². The number of hydrogen-bond donors (Lipinski definition) is 1. The number of halogens is 1. The lowest BCUT2D eigenvalue weighted by molar-refractivity contribution is 1.28. The van der Waals surface area contributed by atoms with Gasteiger partial charge in [-0.1, -0.05) is 23.4 Å². The number of hydrogen-bond acceptors (Lipinski definition) is 3. The van der Waals surface area contributed by atoms with E-state index >= 15 is 0 Å². The zero-order valence-corrected chi connectivity index (χ0v) is 9.99. The van der Waals surface area contributed by atoms with Crippen molar-refractivity contribution < 1.29 is 0 Å². The van der Waals surface area contributed by atoms with Gasteiger partial charge in [0.25, 0.3) is 0 Å². The first kappa shape index (κ1) is 11.9. The maximum Gasteiger partial charge on any atom is 0.183 e. The Morgan fingerprint density at radius 2 is 2.33 bits per heavy atom. The molecule has 0 atom stereocenters. The Hall–Kier alpha value is -1.18. The second kappa shape index (κ2) is 5.64. The predicted octanol–water partition coefficient (Wildman–Crippen LogP) is 3.07. The molecule has 0 spiro atoms. The first-order valence-corrected chi connectivity index (χ1v) is 5.81. The number of nitriles is 1. The van der Waals surface area contributed by atoms with E-state index in [2.05, 4.69) is 10.3 Å². The minimum Gasteiger partial charge on any atom is -0.271 e. The number of thioether (sulfide) groups is 1. The van der Waals surface area contributed by atoms with Crippen LogP contribution in [0.25, 0.3) is 0 Å². The molecule has 5 heteroatoms. The van der Waals surface area contributed by atoms with E-state index in [9.17, 15) is 0 Å². The molecule has 0 amide bonds. The second-order valence-electron chi connectivity index (χ2n) is 2.79. The average Bonchev–Trinajstić information content (AvgIpc) is 2.23. The van der Waals surface area contributed by atoms with Crippen molar-refractivity contribution in [2.24, 2.45) is 4.99 Å². The number of aryl methyl sites for hydroxylation is 1. The summed E-state index contributed by atoms with van der Waals surface area (Å²) < 4.78 is 0. The third-order valence-electron chi connectivity index (χ3n) is 1.73. The van der Waals surface area contributed by atoms with Crippen LogP contribution in [0.4, 0.5) is 5.69 Å². The molecule has 0 saturated heterocycles. The van der Waals surface area contributed by atoms with Crippen molar-refractivity contribution in [3.63, 3.8) is 0 Å². The van der Waals surface area contributed by atoms with Crippen LogP contribution in [0.2, 0.25) is 5.02 Å². The molecule has 0 aromatic heterocycles. The van der Waals surface area contributed by atoms with Gasteiger partial charge in [0.05, 0.1) is 5.69 Å². The van der Waals surface area contributed by atoms with Crippen LogP contribution in [-0.4, -0.2) is 11.4 Å². The molecule has 0 saturated carbocycles. The number of benzene rings is 1. The van der Waals surface area contributed by atoms with Gasteiger partial charge in [-0.05, 0) is 36.9 Å². The fraction of sp³-hybridized carbons (Fsp3) is 0.200. The largest absolute Gasteiger partial charge is 0.271 e. The highest BCUT2D eigenvalue weighted by molar-refractivity contribution is 8.13. The molecule has 0 fully saturated rings. The molecule has 3 nitrogen and oxygen atoms in total. The van der Waals surface area contributed by atoms with E-state index in [4.69, 9.17) is 16.9 Å². The zero-order chi connectivity index (χ0) is 11.3. The normalized spacial score (nSPS) is 10.9. The van der Waals surface area contributed by atoms with Gasteiger partial charge in [-0.25, -0.2) is 4.99 Å². The Morgan fingerprint density at radius 1 is 1.60 bits per heavy atom. The van der Waals surface area contributed by atoms with Gasteiger partial charge in [0.2, 0.25) is 0 Å². The molecule has 0 aliphatic rings. The molecular formula is C10H10ClN3S. The SMILES string of the molecule is CSC(=Nc1ccc(Cl)c(C)c1)NC#N. The average molecular weight is 240 g/mol. The van der Waals surface area contributed by atoms with Crippen molar-refractivity contribution in [2.75, 3.05) is 6.26 Å². The quantitative estimate of drug-likeness (QED) is 0.355. The molecule has 0 radical (unpaired) electrons. The summed E-state index contributed by atoms with van der Waals surface area (Å²) in [6, 6.07) is 5.47. The Balaban J connectivity index is 2.97. The van der Waals surface area contributed by atoms with Crippen LogP contribution in [-0.2, 0) is 0 Å². The van der Waals surface area contributed by atoms with Crippen molar-refractivity contribution >= 4 is 34.2 Å². The standard InChI is InChI=1S/C10H10ClN3S/c1-7-5-8(3-4-9(7)11)14-10(15-2)13-6-12/h3-5H,1-2H3,(H,13,14). The summed E-state index contributed by atoms with van der Waals surface area (Å²) in [5.74, 6) is 0. The van der Waals surface area contributed by atoms with Crippen LogP contribution in [0.3, 0.4) is 0 Å². The Morgan fingerprint density at radius 3 is 2.87 bits per heavy atom. The van der Waals surface area contributed by atoms with E-state index in [-0.39, 0.29) is 0 Å². The molecule has 0 heterocycles. The minimum absolute atomic E-state index is 0.569. The first-order chi connectivity index (χ1) is 7.17. The van der Waals surface area contributed by atoms with Gasteiger partial charge < -0.3 is 0 Å². The highest BCUT2D eigenvalue weighted by atomic mass is 35.5. The lowest BCUT2D eigenvalue weighted by atomic mass is 10.2. The minimum atomic E-state index is 0.569. The summed E-state index contributed by atoms with van der Waals surface area (Å²) in [4.78, 5) is 4.26. The van der Waals surface area contributed by atoms with E-state index in [0.717, 1.165) is 11.3 Å². The molecule has 1 N–H and O–H groups in total. The summed E-state index contributed by atoms with van der Waals surface area (Å²) in [5.41, 5.74) is 1.75. The molecule has 1 aromatic carbocycles. The Labute approximate surface area is 98.2 Å². The third-order valence-corrected chi connectivity index (χ3v) is 2.73. The monoisotopic (exact) mass is 239 g/mol. The van der Waals surface area contributed by atoms with Crippen LogP contribution in [0, 0.1) is 18.4 Å². The first-order valence-electron chi connectivity index (χ1n) is 4.21. The van der Waals surface area contributed by atoms with Crippen molar-refractivity contribution in [3.05, 3.63) is 28.8 Å². The Bertz CT molecular complexity index is 423. The van der Waals surface area contributed by atoms with Gasteiger partial charge in [0, 0.05) is 5.02 Å². The van der Waals surface area contributed by atoms with Crippen molar-refractivity contribution in [1.29, 1.82) is 5.26 Å². The second-order valence-corrected chi connectivity index (χ2v) is 3.99.